The number of benzene rings is 2. The van der Waals surface area contributed by atoms with E-state index in [1.165, 1.54) is 6.42 Å². The Hall–Kier alpha value is -2.34. The number of rotatable bonds is 6. The number of ether oxygens (including phenoxy) is 1. The average molecular weight is 459 g/mol. The highest BCUT2D eigenvalue weighted by Crippen LogP contribution is 2.29. The van der Waals surface area contributed by atoms with Gasteiger partial charge in [0.25, 0.3) is 11.8 Å². The third-order valence-corrected chi connectivity index (χ3v) is 5.50. The molecular weight excluding hydrogens is 432 g/mol. The number of likely N-dealkylation sites (tertiary alicyclic amines) is 1. The van der Waals surface area contributed by atoms with Crippen LogP contribution in [0, 0.1) is 0 Å². The van der Waals surface area contributed by atoms with E-state index < -0.39 is 0 Å². The molecule has 0 unspecified atom stereocenters. The lowest BCUT2D eigenvalue weighted by molar-refractivity contribution is -0.118. The first-order chi connectivity index (χ1) is 13.9. The zero-order chi connectivity index (χ0) is 20.8. The molecule has 29 heavy (non-hydrogen) atoms. The van der Waals surface area contributed by atoms with Crippen molar-refractivity contribution in [3.05, 3.63) is 58.1 Å². The van der Waals surface area contributed by atoms with E-state index in [-0.39, 0.29) is 24.3 Å². The van der Waals surface area contributed by atoms with Crippen molar-refractivity contribution < 1.29 is 14.3 Å². The Morgan fingerprint density at radius 3 is 2.41 bits per heavy atom. The highest BCUT2D eigenvalue weighted by Gasteiger charge is 2.18. The summed E-state index contributed by atoms with van der Waals surface area (Å²) in [4.78, 5) is 26.7. The lowest BCUT2D eigenvalue weighted by Crippen LogP contribution is -2.35. The second-order valence-corrected chi connectivity index (χ2v) is 8.52. The molecule has 2 amide bonds. The molecular formula is C23H27BrN2O3. The van der Waals surface area contributed by atoms with Gasteiger partial charge in [-0.1, -0.05) is 29.8 Å². The van der Waals surface area contributed by atoms with Crippen LogP contribution in [0.4, 0.5) is 5.69 Å². The van der Waals surface area contributed by atoms with Gasteiger partial charge < -0.3 is 15.0 Å². The second kappa shape index (κ2) is 9.92. The highest BCUT2D eigenvalue weighted by molar-refractivity contribution is 9.10. The minimum Gasteiger partial charge on any atom is -0.483 e. The van der Waals surface area contributed by atoms with Crippen LogP contribution >= 0.6 is 15.9 Å². The van der Waals surface area contributed by atoms with Crippen LogP contribution in [0.1, 0.15) is 54.9 Å². The summed E-state index contributed by atoms with van der Waals surface area (Å²) in [5.74, 6) is 0.816. The number of amides is 2. The Balaban J connectivity index is 1.55. The quantitative estimate of drug-likeness (QED) is 0.645. The lowest BCUT2D eigenvalue weighted by atomic mass is 10.0. The lowest BCUT2D eigenvalue weighted by Gasteiger charge is -2.26. The molecule has 1 aliphatic heterocycles. The summed E-state index contributed by atoms with van der Waals surface area (Å²) in [5, 5.41) is 2.82. The van der Waals surface area contributed by atoms with E-state index >= 15 is 0 Å². The number of hydrogen-bond acceptors (Lipinski definition) is 3. The number of piperidine rings is 1. The minimum absolute atomic E-state index is 0.0577. The van der Waals surface area contributed by atoms with Crippen LogP contribution in [0.2, 0.25) is 0 Å². The topological polar surface area (TPSA) is 58.6 Å². The van der Waals surface area contributed by atoms with Crippen molar-refractivity contribution in [2.75, 3.05) is 25.0 Å². The highest BCUT2D eigenvalue weighted by atomic mass is 79.9. The van der Waals surface area contributed by atoms with E-state index in [0.717, 1.165) is 36.0 Å². The molecule has 154 valence electrons. The molecule has 0 aromatic heterocycles. The number of carbonyl (C=O) groups excluding carboxylic acids is 2. The van der Waals surface area contributed by atoms with E-state index in [9.17, 15) is 9.59 Å². The van der Waals surface area contributed by atoms with Crippen LogP contribution in [0.25, 0.3) is 0 Å². The molecule has 0 bridgehead atoms. The third-order valence-electron chi connectivity index (χ3n) is 5.01. The molecule has 2 aromatic rings. The van der Waals surface area contributed by atoms with Gasteiger partial charge in [-0.3, -0.25) is 9.59 Å². The van der Waals surface area contributed by atoms with Gasteiger partial charge >= 0.3 is 0 Å². The molecule has 0 saturated carbocycles. The molecule has 5 nitrogen and oxygen atoms in total. The Kier molecular flexibility index (Phi) is 7.31. The number of halogens is 1. The monoisotopic (exact) mass is 458 g/mol. The Bertz CT molecular complexity index is 859. The maximum Gasteiger partial charge on any atom is 0.262 e. The van der Waals surface area contributed by atoms with Crippen LogP contribution in [-0.2, 0) is 4.79 Å². The second-order valence-electron chi connectivity index (χ2n) is 7.60. The predicted octanol–water partition coefficient (Wildman–Crippen LogP) is 5.22. The largest absolute Gasteiger partial charge is 0.483 e. The molecule has 3 rings (SSSR count). The van der Waals surface area contributed by atoms with Crippen LogP contribution in [0.15, 0.2) is 46.9 Å². The molecule has 1 heterocycles. The number of nitrogens with zero attached hydrogens (tertiary/aromatic N) is 1. The van der Waals surface area contributed by atoms with E-state index in [0.29, 0.717) is 17.0 Å². The maximum absolute atomic E-state index is 12.5. The van der Waals surface area contributed by atoms with Gasteiger partial charge in [0.05, 0.1) is 0 Å². The van der Waals surface area contributed by atoms with Crippen molar-refractivity contribution in [2.24, 2.45) is 0 Å². The van der Waals surface area contributed by atoms with Gasteiger partial charge in [0.2, 0.25) is 0 Å². The molecule has 0 atom stereocenters. The van der Waals surface area contributed by atoms with Gasteiger partial charge in [-0.05, 0) is 73.2 Å². The fourth-order valence-electron chi connectivity index (χ4n) is 3.42. The van der Waals surface area contributed by atoms with Crippen molar-refractivity contribution in [3.8, 4) is 5.75 Å². The fraction of sp³-hybridized carbons (Fsp3) is 0.391. The van der Waals surface area contributed by atoms with Crippen LogP contribution < -0.4 is 10.1 Å². The van der Waals surface area contributed by atoms with Crippen LogP contribution in [0.5, 0.6) is 5.75 Å². The van der Waals surface area contributed by atoms with E-state index in [2.05, 4.69) is 35.1 Å². The third kappa shape index (κ3) is 5.82. The Morgan fingerprint density at radius 2 is 1.76 bits per heavy atom. The first-order valence-electron chi connectivity index (χ1n) is 10.1. The summed E-state index contributed by atoms with van der Waals surface area (Å²) in [6.07, 6.45) is 3.32. The number of nitrogens with one attached hydrogen (secondary N) is 1. The van der Waals surface area contributed by atoms with E-state index in [1.54, 1.807) is 24.3 Å². The van der Waals surface area contributed by atoms with Crippen molar-refractivity contribution in [2.45, 2.75) is 39.0 Å². The molecule has 1 aliphatic rings. The molecule has 6 heteroatoms. The summed E-state index contributed by atoms with van der Waals surface area (Å²) >= 11 is 3.47. The van der Waals surface area contributed by atoms with Gasteiger partial charge in [0.1, 0.15) is 5.75 Å². The number of carbonyl (C=O) groups is 2. The summed E-state index contributed by atoms with van der Waals surface area (Å²) in [6.45, 7) is 5.74. The van der Waals surface area contributed by atoms with Crippen LogP contribution in [0.3, 0.4) is 0 Å². The smallest absolute Gasteiger partial charge is 0.262 e. The predicted molar refractivity (Wildman–Crippen MR) is 119 cm³/mol. The van der Waals surface area contributed by atoms with Crippen molar-refractivity contribution >= 4 is 33.4 Å². The molecule has 1 saturated heterocycles. The number of anilines is 1. The number of hydrogen-bond donors (Lipinski definition) is 1. The molecule has 1 fully saturated rings. The zero-order valence-electron chi connectivity index (χ0n) is 16.9. The van der Waals surface area contributed by atoms with E-state index in [1.807, 2.05) is 23.1 Å². The van der Waals surface area contributed by atoms with E-state index in [4.69, 9.17) is 4.74 Å². The normalized spacial score (nSPS) is 14.0. The van der Waals surface area contributed by atoms with Gasteiger partial charge in [-0.2, -0.15) is 0 Å². The van der Waals surface area contributed by atoms with Crippen molar-refractivity contribution in [3.63, 3.8) is 0 Å². The summed E-state index contributed by atoms with van der Waals surface area (Å²) < 4.78 is 6.72. The summed E-state index contributed by atoms with van der Waals surface area (Å²) in [6, 6.07) is 12.8. The fourth-order valence-corrected chi connectivity index (χ4v) is 3.80. The Morgan fingerprint density at radius 1 is 1.07 bits per heavy atom. The molecule has 0 radical (unpaired) electrons. The van der Waals surface area contributed by atoms with Gasteiger partial charge in [-0.25, -0.2) is 0 Å². The van der Waals surface area contributed by atoms with Gasteiger partial charge in [-0.15, -0.1) is 0 Å². The van der Waals surface area contributed by atoms with Crippen molar-refractivity contribution in [1.82, 2.24) is 4.90 Å². The molecule has 1 N–H and O–H groups in total. The first-order valence-corrected chi connectivity index (χ1v) is 10.8. The standard InChI is InChI=1S/C23H27BrN2O3/c1-16(2)20-14-18(24)8-11-21(20)29-15-22(27)25-19-9-6-17(7-10-19)23(28)26-12-4-3-5-13-26/h6-11,14,16H,3-5,12-13,15H2,1-2H3,(H,25,27). The first kappa shape index (κ1) is 21.4. The average Bonchev–Trinajstić information content (AvgIpc) is 2.73. The summed E-state index contributed by atoms with van der Waals surface area (Å²) in [7, 11) is 0. The summed E-state index contributed by atoms with van der Waals surface area (Å²) in [5.41, 5.74) is 2.35. The molecule has 0 spiro atoms. The molecule has 0 aliphatic carbocycles. The van der Waals surface area contributed by atoms with Crippen molar-refractivity contribution in [1.29, 1.82) is 0 Å². The SMILES string of the molecule is CC(C)c1cc(Br)ccc1OCC(=O)Nc1ccc(C(=O)N2CCCCC2)cc1. The van der Waals surface area contributed by atoms with Gasteiger partial charge in [0.15, 0.2) is 6.61 Å². The minimum atomic E-state index is -0.238. The van der Waals surface area contributed by atoms with Crippen LogP contribution in [-0.4, -0.2) is 36.4 Å². The van der Waals surface area contributed by atoms with Gasteiger partial charge in [0, 0.05) is 28.8 Å². The zero-order valence-corrected chi connectivity index (χ0v) is 18.5. The molecule has 2 aromatic carbocycles. The maximum atomic E-state index is 12.5. The Labute approximate surface area is 180 Å².